The summed E-state index contributed by atoms with van der Waals surface area (Å²) in [7, 11) is 0. The van der Waals surface area contributed by atoms with E-state index in [0.29, 0.717) is 26.4 Å². The van der Waals surface area contributed by atoms with Crippen molar-refractivity contribution in [2.75, 3.05) is 39.6 Å². The van der Waals surface area contributed by atoms with Crippen LogP contribution in [0.15, 0.2) is 60.7 Å². The van der Waals surface area contributed by atoms with Crippen molar-refractivity contribution in [3.63, 3.8) is 0 Å². The molecule has 0 radical (unpaired) electrons. The van der Waals surface area contributed by atoms with Gasteiger partial charge in [0.1, 0.15) is 24.7 Å². The molecule has 0 atom stereocenters. The molecule has 152 valence electrons. The second kappa shape index (κ2) is 18.7. The van der Waals surface area contributed by atoms with E-state index in [2.05, 4.69) is 13.8 Å². The van der Waals surface area contributed by atoms with Gasteiger partial charge in [-0.15, -0.1) is 0 Å². The summed E-state index contributed by atoms with van der Waals surface area (Å²) in [4.78, 5) is 0. The summed E-state index contributed by atoms with van der Waals surface area (Å²) in [5.74, 6) is 1.81. The van der Waals surface area contributed by atoms with Crippen molar-refractivity contribution in [3.05, 3.63) is 60.7 Å². The van der Waals surface area contributed by atoms with Crippen molar-refractivity contribution in [1.29, 1.82) is 0 Å². The predicted octanol–water partition coefficient (Wildman–Crippen LogP) is 4.16. The zero-order chi connectivity index (χ0) is 18.7. The zero-order valence-electron chi connectivity index (χ0n) is 16.6. The fraction of sp³-hybridized carbons (Fsp3) is 0.455. The first kappa shape index (κ1) is 24.9. The van der Waals surface area contributed by atoms with Crippen LogP contribution in [0.25, 0.3) is 0 Å². The Morgan fingerprint density at radius 3 is 1.22 bits per heavy atom. The van der Waals surface area contributed by atoms with Crippen molar-refractivity contribution in [2.24, 2.45) is 0 Å². The van der Waals surface area contributed by atoms with Crippen LogP contribution in [0.1, 0.15) is 26.7 Å². The fourth-order valence-corrected chi connectivity index (χ4v) is 1.96. The van der Waals surface area contributed by atoms with Crippen LogP contribution in [0.2, 0.25) is 0 Å². The molecule has 0 saturated carbocycles. The third kappa shape index (κ3) is 14.7. The summed E-state index contributed by atoms with van der Waals surface area (Å²) in [5.41, 5.74) is 0. The molecule has 2 rings (SSSR count). The molecule has 0 aliphatic heterocycles. The fourth-order valence-electron chi connectivity index (χ4n) is 1.96. The third-order valence-corrected chi connectivity index (χ3v) is 3.18. The average molecular weight is 379 g/mol. The minimum absolute atomic E-state index is 0. The Morgan fingerprint density at radius 1 is 0.519 bits per heavy atom. The summed E-state index contributed by atoms with van der Waals surface area (Å²) in [6, 6.07) is 19.6. The second-order valence-corrected chi connectivity index (χ2v) is 5.55. The van der Waals surface area contributed by atoms with Gasteiger partial charge in [-0.25, -0.2) is 0 Å². The molecule has 0 fully saturated rings. The highest BCUT2D eigenvalue weighted by Gasteiger charge is 1.91. The molecule has 0 spiro atoms. The molecule has 0 aliphatic carbocycles. The number of ether oxygens (including phenoxy) is 4. The lowest BCUT2D eigenvalue weighted by atomic mass is 10.3. The Kier molecular flexibility index (Phi) is 17.3. The Bertz CT molecular complexity index is 469. The molecule has 0 bridgehead atoms. The molecule has 2 aromatic carbocycles. The molecular formula is C22H34O5. The highest BCUT2D eigenvalue weighted by Crippen LogP contribution is 2.08. The Balaban J connectivity index is 0.000000483. The van der Waals surface area contributed by atoms with E-state index in [1.807, 2.05) is 60.7 Å². The Hall–Kier alpha value is -2.08. The largest absolute Gasteiger partial charge is 0.491 e. The van der Waals surface area contributed by atoms with Gasteiger partial charge >= 0.3 is 0 Å². The van der Waals surface area contributed by atoms with Gasteiger partial charge < -0.3 is 24.4 Å². The first-order chi connectivity index (χ1) is 12.9. The molecule has 2 N–H and O–H groups in total. The maximum absolute atomic E-state index is 5.43. The van der Waals surface area contributed by atoms with E-state index in [9.17, 15) is 0 Å². The maximum Gasteiger partial charge on any atom is 0.119 e. The molecule has 5 heteroatoms. The molecule has 0 aliphatic rings. The minimum atomic E-state index is 0. The average Bonchev–Trinajstić information content (AvgIpc) is 2.70. The van der Waals surface area contributed by atoms with E-state index in [-0.39, 0.29) is 5.48 Å². The predicted molar refractivity (Wildman–Crippen MR) is 110 cm³/mol. The van der Waals surface area contributed by atoms with Gasteiger partial charge in [-0.3, -0.25) is 0 Å². The van der Waals surface area contributed by atoms with E-state index in [4.69, 9.17) is 18.9 Å². The van der Waals surface area contributed by atoms with E-state index in [1.54, 1.807) is 0 Å². The van der Waals surface area contributed by atoms with Gasteiger partial charge in [0.2, 0.25) is 0 Å². The molecule has 0 amide bonds. The maximum atomic E-state index is 5.43. The van der Waals surface area contributed by atoms with Gasteiger partial charge in [-0.05, 0) is 37.1 Å². The van der Waals surface area contributed by atoms with Crippen LogP contribution >= 0.6 is 0 Å². The SMILES string of the molecule is CCCOCCOc1ccccc1.CCCOCCOc1ccccc1.O. The van der Waals surface area contributed by atoms with E-state index in [1.165, 1.54) is 0 Å². The van der Waals surface area contributed by atoms with Crippen molar-refractivity contribution in [3.8, 4) is 11.5 Å². The minimum Gasteiger partial charge on any atom is -0.491 e. The van der Waals surface area contributed by atoms with Gasteiger partial charge in [0.15, 0.2) is 0 Å². The Morgan fingerprint density at radius 2 is 0.889 bits per heavy atom. The normalized spacial score (nSPS) is 9.56. The second-order valence-electron chi connectivity index (χ2n) is 5.55. The topological polar surface area (TPSA) is 68.4 Å². The van der Waals surface area contributed by atoms with E-state index < -0.39 is 0 Å². The van der Waals surface area contributed by atoms with Crippen molar-refractivity contribution >= 4 is 0 Å². The third-order valence-electron chi connectivity index (χ3n) is 3.18. The summed E-state index contributed by atoms with van der Waals surface area (Å²) in [6.07, 6.45) is 2.12. The van der Waals surface area contributed by atoms with E-state index in [0.717, 1.165) is 37.6 Å². The zero-order valence-corrected chi connectivity index (χ0v) is 16.6. The number of hydrogen-bond acceptors (Lipinski definition) is 4. The molecule has 27 heavy (non-hydrogen) atoms. The van der Waals surface area contributed by atoms with Crippen LogP contribution in [-0.2, 0) is 9.47 Å². The van der Waals surface area contributed by atoms with Crippen LogP contribution in [-0.4, -0.2) is 45.1 Å². The first-order valence-corrected chi connectivity index (χ1v) is 9.38. The van der Waals surface area contributed by atoms with Crippen molar-refractivity contribution in [1.82, 2.24) is 0 Å². The van der Waals surface area contributed by atoms with Crippen LogP contribution < -0.4 is 9.47 Å². The van der Waals surface area contributed by atoms with Crippen LogP contribution in [0.4, 0.5) is 0 Å². The smallest absolute Gasteiger partial charge is 0.119 e. The van der Waals surface area contributed by atoms with Crippen LogP contribution in [0, 0.1) is 0 Å². The molecule has 5 nitrogen and oxygen atoms in total. The lowest BCUT2D eigenvalue weighted by molar-refractivity contribution is 0.101. The lowest BCUT2D eigenvalue weighted by Crippen LogP contribution is -2.06. The van der Waals surface area contributed by atoms with Crippen molar-refractivity contribution in [2.45, 2.75) is 26.7 Å². The van der Waals surface area contributed by atoms with Gasteiger partial charge in [0.25, 0.3) is 0 Å². The molecule has 0 aromatic heterocycles. The summed E-state index contributed by atoms with van der Waals surface area (Å²) in [5, 5.41) is 0. The highest BCUT2D eigenvalue weighted by atomic mass is 16.5. The van der Waals surface area contributed by atoms with Gasteiger partial charge in [0.05, 0.1) is 13.2 Å². The van der Waals surface area contributed by atoms with Gasteiger partial charge in [-0.1, -0.05) is 50.2 Å². The van der Waals surface area contributed by atoms with Crippen molar-refractivity contribution < 1.29 is 24.4 Å². The standard InChI is InChI=1S/2C11H16O2.H2O/c2*1-2-8-12-9-10-13-11-6-4-3-5-7-11;/h2*3-7H,2,8-10H2,1H3;1H2. The molecular weight excluding hydrogens is 344 g/mol. The first-order valence-electron chi connectivity index (χ1n) is 9.38. The summed E-state index contributed by atoms with van der Waals surface area (Å²) in [6.45, 7) is 8.42. The van der Waals surface area contributed by atoms with Crippen LogP contribution in [0.5, 0.6) is 11.5 Å². The molecule has 0 heterocycles. The molecule has 0 saturated heterocycles. The van der Waals surface area contributed by atoms with E-state index >= 15 is 0 Å². The highest BCUT2D eigenvalue weighted by molar-refractivity contribution is 5.21. The van der Waals surface area contributed by atoms with Gasteiger partial charge in [-0.2, -0.15) is 0 Å². The van der Waals surface area contributed by atoms with Crippen LogP contribution in [0.3, 0.4) is 0 Å². The molecule has 0 unspecified atom stereocenters. The summed E-state index contributed by atoms with van der Waals surface area (Å²) >= 11 is 0. The number of benzene rings is 2. The molecule has 2 aromatic rings. The Labute approximate surface area is 163 Å². The number of rotatable bonds is 12. The lowest BCUT2D eigenvalue weighted by Gasteiger charge is -2.05. The quantitative estimate of drug-likeness (QED) is 0.520. The van der Waals surface area contributed by atoms with Gasteiger partial charge in [0, 0.05) is 13.2 Å². The monoisotopic (exact) mass is 378 g/mol. The number of para-hydroxylation sites is 2. The summed E-state index contributed by atoms with van der Waals surface area (Å²) < 4.78 is 21.4. The number of hydrogen-bond donors (Lipinski definition) is 0.